The highest BCUT2D eigenvalue weighted by atomic mass is 19.4. The molecule has 0 N–H and O–H groups in total. The van der Waals surface area contributed by atoms with Crippen LogP contribution in [-0.2, 0) is 6.18 Å². The van der Waals surface area contributed by atoms with Gasteiger partial charge in [0.2, 0.25) is 0 Å². The minimum absolute atomic E-state index is 0.561. The van der Waals surface area contributed by atoms with Crippen LogP contribution in [0, 0.1) is 5.92 Å². The molecular weight excluding hydrogens is 213 g/mol. The number of halogens is 3. The Bertz CT molecular complexity index is 344. The van der Waals surface area contributed by atoms with Gasteiger partial charge in [0.05, 0.1) is 5.56 Å². The van der Waals surface area contributed by atoms with Crippen LogP contribution in [0.4, 0.5) is 13.2 Å². The van der Waals surface area contributed by atoms with E-state index in [1.807, 2.05) is 12.2 Å². The monoisotopic (exact) mass is 228 g/mol. The Morgan fingerprint density at radius 1 is 1.12 bits per heavy atom. The fourth-order valence-corrected chi connectivity index (χ4v) is 1.26. The van der Waals surface area contributed by atoms with Crippen LogP contribution in [0.2, 0.25) is 0 Å². The van der Waals surface area contributed by atoms with Crippen LogP contribution in [0.3, 0.4) is 0 Å². The molecule has 0 aromatic heterocycles. The number of hydrogen-bond donors (Lipinski definition) is 0. The standard InChI is InChI=1S/C13H15F3/c1-10(2)4-3-5-11-6-8-12(9-7-11)13(14,15)16/h3,5-10H,4H2,1-2H3/b5-3-. The first-order chi connectivity index (χ1) is 7.39. The van der Waals surface area contributed by atoms with Crippen molar-refractivity contribution in [2.45, 2.75) is 26.4 Å². The highest BCUT2D eigenvalue weighted by Crippen LogP contribution is 2.29. The van der Waals surface area contributed by atoms with Crippen LogP contribution in [0.5, 0.6) is 0 Å². The number of rotatable bonds is 3. The smallest absolute Gasteiger partial charge is 0.166 e. The van der Waals surface area contributed by atoms with Gasteiger partial charge in [0, 0.05) is 0 Å². The van der Waals surface area contributed by atoms with Crippen molar-refractivity contribution in [2.24, 2.45) is 5.92 Å². The summed E-state index contributed by atoms with van der Waals surface area (Å²) < 4.78 is 36.8. The van der Waals surface area contributed by atoms with Gasteiger partial charge in [-0.1, -0.05) is 38.1 Å². The maximum atomic E-state index is 12.3. The summed E-state index contributed by atoms with van der Waals surface area (Å²) in [5, 5.41) is 0. The first kappa shape index (κ1) is 12.8. The minimum atomic E-state index is -4.25. The van der Waals surface area contributed by atoms with Crippen LogP contribution >= 0.6 is 0 Å². The average Bonchev–Trinajstić information content (AvgIpc) is 2.16. The van der Waals surface area contributed by atoms with E-state index in [1.54, 1.807) is 0 Å². The molecule has 0 amide bonds. The summed E-state index contributed by atoms with van der Waals surface area (Å²) in [6.07, 6.45) is 0.509. The summed E-state index contributed by atoms with van der Waals surface area (Å²) >= 11 is 0. The molecule has 0 saturated heterocycles. The fourth-order valence-electron chi connectivity index (χ4n) is 1.26. The van der Waals surface area contributed by atoms with Gasteiger partial charge in [-0.15, -0.1) is 0 Å². The first-order valence-electron chi connectivity index (χ1n) is 5.23. The fraction of sp³-hybridized carbons (Fsp3) is 0.385. The molecule has 0 fully saturated rings. The lowest BCUT2D eigenvalue weighted by Crippen LogP contribution is -2.03. The Morgan fingerprint density at radius 2 is 1.69 bits per heavy atom. The SMILES string of the molecule is CC(C)C/C=C\c1ccc(C(F)(F)F)cc1. The summed E-state index contributed by atoms with van der Waals surface area (Å²) in [7, 11) is 0. The van der Waals surface area contributed by atoms with Crippen molar-refractivity contribution in [1.29, 1.82) is 0 Å². The van der Waals surface area contributed by atoms with Crippen molar-refractivity contribution in [3.05, 3.63) is 41.5 Å². The lowest BCUT2D eigenvalue weighted by atomic mass is 10.1. The lowest BCUT2D eigenvalue weighted by molar-refractivity contribution is -0.137. The zero-order valence-corrected chi connectivity index (χ0v) is 9.38. The third-order valence-corrected chi connectivity index (χ3v) is 2.16. The second-order valence-electron chi connectivity index (χ2n) is 4.15. The summed E-state index contributed by atoms with van der Waals surface area (Å²) in [6.45, 7) is 4.19. The molecule has 0 aliphatic heterocycles. The molecule has 0 nitrogen and oxygen atoms in total. The Morgan fingerprint density at radius 3 is 2.12 bits per heavy atom. The van der Waals surface area contributed by atoms with Gasteiger partial charge in [-0.2, -0.15) is 13.2 Å². The van der Waals surface area contributed by atoms with E-state index in [1.165, 1.54) is 12.1 Å². The largest absolute Gasteiger partial charge is 0.416 e. The molecule has 0 heterocycles. The molecule has 0 aliphatic rings. The molecule has 3 heteroatoms. The molecule has 0 atom stereocenters. The number of allylic oxidation sites excluding steroid dienone is 1. The van der Waals surface area contributed by atoms with Gasteiger partial charge in [0.1, 0.15) is 0 Å². The normalized spacial score (nSPS) is 12.6. The predicted octanol–water partition coefficient (Wildman–Crippen LogP) is 4.76. The Kier molecular flexibility index (Phi) is 4.16. The molecule has 0 aliphatic carbocycles. The third kappa shape index (κ3) is 4.09. The van der Waals surface area contributed by atoms with Crippen molar-refractivity contribution in [3.8, 4) is 0 Å². The van der Waals surface area contributed by atoms with E-state index in [4.69, 9.17) is 0 Å². The minimum Gasteiger partial charge on any atom is -0.166 e. The molecule has 0 spiro atoms. The summed E-state index contributed by atoms with van der Waals surface area (Å²) in [6, 6.07) is 5.18. The van der Waals surface area contributed by atoms with Crippen molar-refractivity contribution >= 4 is 6.08 Å². The highest BCUT2D eigenvalue weighted by Gasteiger charge is 2.29. The van der Waals surface area contributed by atoms with Gasteiger partial charge in [-0.05, 0) is 30.0 Å². The van der Waals surface area contributed by atoms with E-state index < -0.39 is 11.7 Å². The molecule has 16 heavy (non-hydrogen) atoms. The topological polar surface area (TPSA) is 0 Å². The van der Waals surface area contributed by atoms with Crippen LogP contribution in [0.1, 0.15) is 31.4 Å². The van der Waals surface area contributed by atoms with Crippen molar-refractivity contribution in [2.75, 3.05) is 0 Å². The maximum Gasteiger partial charge on any atom is 0.416 e. The first-order valence-corrected chi connectivity index (χ1v) is 5.23. The second-order valence-corrected chi connectivity index (χ2v) is 4.15. The molecule has 0 saturated carbocycles. The van der Waals surface area contributed by atoms with Crippen LogP contribution in [0.25, 0.3) is 6.08 Å². The van der Waals surface area contributed by atoms with Gasteiger partial charge in [-0.3, -0.25) is 0 Å². The highest BCUT2D eigenvalue weighted by molar-refractivity contribution is 5.49. The molecule has 88 valence electrons. The lowest BCUT2D eigenvalue weighted by Gasteiger charge is -2.05. The van der Waals surface area contributed by atoms with Crippen molar-refractivity contribution in [3.63, 3.8) is 0 Å². The van der Waals surface area contributed by atoms with Crippen LogP contribution < -0.4 is 0 Å². The molecule has 1 aromatic rings. The zero-order chi connectivity index (χ0) is 12.2. The maximum absolute atomic E-state index is 12.3. The molecular formula is C13H15F3. The van der Waals surface area contributed by atoms with Crippen molar-refractivity contribution in [1.82, 2.24) is 0 Å². The summed E-state index contributed by atoms with van der Waals surface area (Å²) in [5.41, 5.74) is 0.196. The van der Waals surface area contributed by atoms with Crippen LogP contribution in [0.15, 0.2) is 30.3 Å². The molecule has 0 bridgehead atoms. The van der Waals surface area contributed by atoms with Gasteiger partial charge < -0.3 is 0 Å². The third-order valence-electron chi connectivity index (χ3n) is 2.16. The molecule has 0 radical (unpaired) electrons. The van der Waals surface area contributed by atoms with E-state index in [9.17, 15) is 13.2 Å². The van der Waals surface area contributed by atoms with E-state index in [0.717, 1.165) is 24.1 Å². The van der Waals surface area contributed by atoms with E-state index in [-0.39, 0.29) is 0 Å². The van der Waals surface area contributed by atoms with Crippen molar-refractivity contribution < 1.29 is 13.2 Å². The van der Waals surface area contributed by atoms with E-state index in [2.05, 4.69) is 13.8 Å². The van der Waals surface area contributed by atoms with Gasteiger partial charge >= 0.3 is 6.18 Å². The van der Waals surface area contributed by atoms with Gasteiger partial charge in [-0.25, -0.2) is 0 Å². The van der Waals surface area contributed by atoms with Crippen LogP contribution in [-0.4, -0.2) is 0 Å². The number of alkyl halides is 3. The predicted molar refractivity (Wildman–Crippen MR) is 59.9 cm³/mol. The molecule has 0 unspecified atom stereocenters. The number of benzene rings is 1. The Labute approximate surface area is 93.8 Å². The van der Waals surface area contributed by atoms with E-state index in [0.29, 0.717) is 5.92 Å². The zero-order valence-electron chi connectivity index (χ0n) is 9.38. The Hall–Kier alpha value is -1.25. The number of hydrogen-bond acceptors (Lipinski definition) is 0. The average molecular weight is 228 g/mol. The second kappa shape index (κ2) is 5.19. The molecule has 1 rings (SSSR count). The summed E-state index contributed by atoms with van der Waals surface area (Å²) in [5.74, 6) is 0.561. The van der Waals surface area contributed by atoms with Gasteiger partial charge in [0.25, 0.3) is 0 Å². The van der Waals surface area contributed by atoms with E-state index >= 15 is 0 Å². The quantitative estimate of drug-likeness (QED) is 0.699. The molecule has 1 aromatic carbocycles. The van der Waals surface area contributed by atoms with Gasteiger partial charge in [0.15, 0.2) is 0 Å². The summed E-state index contributed by atoms with van der Waals surface area (Å²) in [4.78, 5) is 0. The Balaban J connectivity index is 2.69.